The van der Waals surface area contributed by atoms with Crippen LogP contribution in [-0.4, -0.2) is 51.3 Å². The number of ether oxygens (including phenoxy) is 1. The molecule has 1 N–H and O–H groups in total. The maximum Gasteiger partial charge on any atom is 0.228 e. The second kappa shape index (κ2) is 9.80. The smallest absolute Gasteiger partial charge is 0.228 e. The fourth-order valence-corrected chi connectivity index (χ4v) is 4.21. The first-order chi connectivity index (χ1) is 15.8. The van der Waals surface area contributed by atoms with Gasteiger partial charge in [0.1, 0.15) is 5.03 Å². The molecule has 0 saturated carbocycles. The van der Waals surface area contributed by atoms with Gasteiger partial charge in [-0.1, -0.05) is 23.9 Å². The summed E-state index contributed by atoms with van der Waals surface area (Å²) in [4.78, 5) is 14.1. The van der Waals surface area contributed by atoms with Crippen LogP contribution < -0.4 is 10.2 Å². The fourth-order valence-electron chi connectivity index (χ4n) is 3.44. The molecule has 0 unspecified atom stereocenters. The third-order valence-corrected chi connectivity index (χ3v) is 6.01. The molecule has 0 aliphatic carbocycles. The predicted octanol–water partition coefficient (Wildman–Crippen LogP) is 3.85. The van der Waals surface area contributed by atoms with Crippen molar-refractivity contribution in [2.45, 2.75) is 16.5 Å². The summed E-state index contributed by atoms with van der Waals surface area (Å²) in [6.45, 7) is 4.07. The summed E-state index contributed by atoms with van der Waals surface area (Å²) in [6, 6.07) is 18.6. The summed E-state index contributed by atoms with van der Waals surface area (Å²) in [5.41, 5.74) is 3.31. The van der Waals surface area contributed by atoms with Gasteiger partial charge in [-0.3, -0.25) is 0 Å². The Kier molecular flexibility index (Phi) is 6.27. The molecule has 32 heavy (non-hydrogen) atoms. The Labute approximate surface area is 190 Å². The lowest BCUT2D eigenvalue weighted by atomic mass is 10.2. The molecule has 0 radical (unpaired) electrons. The normalized spacial score (nSPS) is 13.8. The van der Waals surface area contributed by atoms with Crippen LogP contribution in [0.1, 0.15) is 5.56 Å². The molecular formula is C23H23N7OS. The maximum atomic E-state index is 5.43. The van der Waals surface area contributed by atoms with Crippen molar-refractivity contribution in [1.29, 1.82) is 0 Å². The lowest BCUT2D eigenvalue weighted by Gasteiger charge is -2.28. The van der Waals surface area contributed by atoms with E-state index in [1.807, 2.05) is 6.07 Å². The molecule has 1 aliphatic heterocycles. The van der Waals surface area contributed by atoms with E-state index in [1.165, 1.54) is 5.69 Å². The van der Waals surface area contributed by atoms with Crippen LogP contribution >= 0.6 is 11.8 Å². The minimum atomic E-state index is 0.579. The highest BCUT2D eigenvalue weighted by Gasteiger charge is 2.11. The van der Waals surface area contributed by atoms with Crippen molar-refractivity contribution in [2.75, 3.05) is 36.5 Å². The average Bonchev–Trinajstić information content (AvgIpc) is 3.35. The van der Waals surface area contributed by atoms with Crippen LogP contribution in [0.2, 0.25) is 0 Å². The number of aromatic nitrogens is 5. The van der Waals surface area contributed by atoms with Gasteiger partial charge in [-0.15, -0.1) is 0 Å². The minimum absolute atomic E-state index is 0.579. The van der Waals surface area contributed by atoms with E-state index in [0.717, 1.165) is 47.5 Å². The average molecular weight is 446 g/mol. The predicted molar refractivity (Wildman–Crippen MR) is 124 cm³/mol. The first-order valence-electron chi connectivity index (χ1n) is 10.5. The minimum Gasteiger partial charge on any atom is -0.378 e. The number of rotatable bonds is 7. The number of nitrogens with one attached hydrogen (secondary N) is 1. The zero-order chi connectivity index (χ0) is 21.6. The van der Waals surface area contributed by atoms with E-state index in [0.29, 0.717) is 12.5 Å². The maximum absolute atomic E-state index is 5.43. The van der Waals surface area contributed by atoms with Gasteiger partial charge in [0, 0.05) is 35.6 Å². The molecule has 2 aromatic carbocycles. The molecule has 0 spiro atoms. The third kappa shape index (κ3) is 5.24. The first-order valence-corrected chi connectivity index (χ1v) is 11.3. The molecule has 162 valence electrons. The zero-order valence-electron chi connectivity index (χ0n) is 17.5. The quantitative estimate of drug-likeness (QED) is 0.430. The van der Waals surface area contributed by atoms with Crippen LogP contribution in [0.4, 0.5) is 17.3 Å². The van der Waals surface area contributed by atoms with E-state index >= 15 is 0 Å². The standard InChI is InChI=1S/C23H23N7OS/c1-7-21(8-2-18(1)17-30-25-11-12-26-30)32-22-9-10-24-23(28-22)27-19-3-5-20(6-4-19)29-13-15-31-16-14-29/h1-12H,13-17H2,(H,24,27,28). The molecule has 0 atom stereocenters. The topological polar surface area (TPSA) is 81.0 Å². The Morgan fingerprint density at radius 3 is 2.38 bits per heavy atom. The van der Waals surface area contributed by atoms with Crippen molar-refractivity contribution in [3.63, 3.8) is 0 Å². The van der Waals surface area contributed by atoms with Gasteiger partial charge in [-0.25, -0.2) is 9.97 Å². The Bertz CT molecular complexity index is 1130. The third-order valence-electron chi connectivity index (χ3n) is 5.07. The van der Waals surface area contributed by atoms with Crippen molar-refractivity contribution in [3.05, 3.63) is 78.8 Å². The highest BCUT2D eigenvalue weighted by molar-refractivity contribution is 7.99. The van der Waals surface area contributed by atoms with Crippen LogP contribution in [-0.2, 0) is 11.3 Å². The van der Waals surface area contributed by atoms with Crippen LogP contribution in [0.15, 0.2) is 83.1 Å². The number of morpholine rings is 1. The monoisotopic (exact) mass is 445 g/mol. The van der Waals surface area contributed by atoms with Crippen molar-refractivity contribution < 1.29 is 4.74 Å². The molecule has 0 amide bonds. The first kappa shape index (κ1) is 20.5. The van der Waals surface area contributed by atoms with Gasteiger partial charge in [-0.05, 0) is 48.0 Å². The zero-order valence-corrected chi connectivity index (χ0v) is 18.3. The summed E-state index contributed by atoms with van der Waals surface area (Å²) >= 11 is 1.60. The molecule has 0 bridgehead atoms. The largest absolute Gasteiger partial charge is 0.378 e. The molecule has 1 aliphatic rings. The van der Waals surface area contributed by atoms with Crippen molar-refractivity contribution in [2.24, 2.45) is 0 Å². The van der Waals surface area contributed by atoms with Crippen molar-refractivity contribution in [3.8, 4) is 0 Å². The van der Waals surface area contributed by atoms with E-state index in [-0.39, 0.29) is 0 Å². The van der Waals surface area contributed by atoms with E-state index in [2.05, 4.69) is 78.9 Å². The van der Waals surface area contributed by atoms with Crippen molar-refractivity contribution in [1.82, 2.24) is 25.0 Å². The van der Waals surface area contributed by atoms with Crippen molar-refractivity contribution >= 4 is 29.1 Å². The number of benzene rings is 2. The van der Waals surface area contributed by atoms with Gasteiger partial charge in [0.05, 0.1) is 32.2 Å². The Morgan fingerprint density at radius 1 is 0.875 bits per heavy atom. The van der Waals surface area contributed by atoms with Gasteiger partial charge < -0.3 is 15.0 Å². The summed E-state index contributed by atoms with van der Waals surface area (Å²) < 4.78 is 5.43. The van der Waals surface area contributed by atoms with Gasteiger partial charge in [0.2, 0.25) is 5.95 Å². The number of anilines is 3. The molecule has 1 fully saturated rings. The number of hydrogen-bond acceptors (Lipinski definition) is 8. The highest BCUT2D eigenvalue weighted by atomic mass is 32.2. The SMILES string of the molecule is c1cc(Sc2ccc(Cn3nccn3)cc2)nc(Nc2ccc(N3CCOCC3)cc2)n1. The van der Waals surface area contributed by atoms with Crippen LogP contribution in [0.5, 0.6) is 0 Å². The van der Waals surface area contributed by atoms with E-state index in [9.17, 15) is 0 Å². The molecule has 1 saturated heterocycles. The Morgan fingerprint density at radius 2 is 1.62 bits per heavy atom. The fraction of sp³-hybridized carbons (Fsp3) is 0.217. The number of hydrogen-bond donors (Lipinski definition) is 1. The van der Waals surface area contributed by atoms with Crippen LogP contribution in [0, 0.1) is 0 Å². The second-order valence-corrected chi connectivity index (χ2v) is 8.39. The van der Waals surface area contributed by atoms with Crippen LogP contribution in [0.3, 0.4) is 0 Å². The molecule has 3 heterocycles. The van der Waals surface area contributed by atoms with Gasteiger partial charge in [0.25, 0.3) is 0 Å². The second-order valence-electron chi connectivity index (χ2n) is 7.30. The van der Waals surface area contributed by atoms with Crippen LogP contribution in [0.25, 0.3) is 0 Å². The summed E-state index contributed by atoms with van der Waals surface area (Å²) in [5.74, 6) is 0.579. The molecule has 4 aromatic rings. The summed E-state index contributed by atoms with van der Waals surface area (Å²) in [5, 5.41) is 12.5. The lowest BCUT2D eigenvalue weighted by molar-refractivity contribution is 0.122. The summed E-state index contributed by atoms with van der Waals surface area (Å²) in [6.07, 6.45) is 5.14. The molecule has 2 aromatic heterocycles. The Balaban J connectivity index is 1.21. The summed E-state index contributed by atoms with van der Waals surface area (Å²) in [7, 11) is 0. The van der Waals surface area contributed by atoms with Gasteiger partial charge in [-0.2, -0.15) is 15.0 Å². The van der Waals surface area contributed by atoms with Gasteiger partial charge in [0.15, 0.2) is 0 Å². The van der Waals surface area contributed by atoms with E-state index in [1.54, 1.807) is 35.1 Å². The van der Waals surface area contributed by atoms with E-state index < -0.39 is 0 Å². The molecule has 8 nitrogen and oxygen atoms in total. The molecular weight excluding hydrogens is 422 g/mol. The number of nitrogens with zero attached hydrogens (tertiary/aromatic N) is 6. The van der Waals surface area contributed by atoms with E-state index in [4.69, 9.17) is 4.74 Å². The molecule has 9 heteroatoms. The molecule has 5 rings (SSSR count). The highest BCUT2D eigenvalue weighted by Crippen LogP contribution is 2.27. The Hall–Kier alpha value is -3.43. The van der Waals surface area contributed by atoms with Gasteiger partial charge >= 0.3 is 0 Å². The lowest BCUT2D eigenvalue weighted by Crippen LogP contribution is -2.36.